The Kier molecular flexibility index (Phi) is 6.41. The molecule has 0 aliphatic rings. The van der Waals surface area contributed by atoms with Gasteiger partial charge in [-0.3, -0.25) is 0 Å². The molecular weight excluding hydrogens is 239 g/mol. The Morgan fingerprint density at radius 1 is 1.33 bits per heavy atom. The maximum Gasteiger partial charge on any atom is 1.00 e. The summed E-state index contributed by atoms with van der Waals surface area (Å²) in [7, 11) is 0. The zero-order chi connectivity index (χ0) is 13.2. The van der Waals surface area contributed by atoms with Gasteiger partial charge in [0.2, 0.25) is 0 Å². The third-order valence-electron chi connectivity index (χ3n) is 2.79. The van der Waals surface area contributed by atoms with Gasteiger partial charge >= 0.3 is 29.6 Å². The minimum absolute atomic E-state index is 0. The Labute approximate surface area is 131 Å². The first-order valence-electron chi connectivity index (χ1n) is 5.74. The summed E-state index contributed by atoms with van der Waals surface area (Å²) in [5.74, 6) is -0.747. The van der Waals surface area contributed by atoms with Crippen molar-refractivity contribution in [1.82, 2.24) is 0 Å². The van der Waals surface area contributed by atoms with Gasteiger partial charge in [0.15, 0.2) is 0 Å². The van der Waals surface area contributed by atoms with Crippen molar-refractivity contribution in [2.24, 2.45) is 0 Å². The molecule has 0 heterocycles. The third kappa shape index (κ3) is 4.63. The number of hydrogen-bond acceptors (Lipinski definition) is 3. The largest absolute Gasteiger partial charge is 1.00 e. The molecule has 1 rings (SSSR count). The summed E-state index contributed by atoms with van der Waals surface area (Å²) < 4.78 is 0. The molecule has 0 aromatic heterocycles. The van der Waals surface area contributed by atoms with Gasteiger partial charge in [-0.2, -0.15) is 0 Å². The molecule has 0 saturated carbocycles. The van der Waals surface area contributed by atoms with E-state index in [1.807, 2.05) is 39.8 Å². The molecule has 3 nitrogen and oxygen atoms in total. The quantitative estimate of drug-likeness (QED) is 0.684. The first kappa shape index (κ1) is 17.5. The molecule has 0 saturated heterocycles. The predicted octanol–water partition coefficient (Wildman–Crippen LogP) is -1.32. The van der Waals surface area contributed by atoms with Gasteiger partial charge in [0.1, 0.15) is 5.75 Å². The molecule has 4 heteroatoms. The second-order valence-corrected chi connectivity index (χ2v) is 5.43. The fourth-order valence-corrected chi connectivity index (χ4v) is 1.82. The van der Waals surface area contributed by atoms with Crippen LogP contribution in [0.5, 0.6) is 5.75 Å². The number of phenols is 1. The number of carbonyl (C=O) groups is 1. The standard InChI is InChI=1S/C14H20O3.Na/c1-9-7-10(5-6-12(15)16)8-11(13(9)17)14(2,3)4;/h7-8,17H,5-6H2,1-4H3,(H,15,16);/q;+1/p-1. The molecule has 1 aromatic carbocycles. The maximum atomic E-state index is 10.4. The molecule has 0 aliphatic heterocycles. The van der Waals surface area contributed by atoms with Gasteiger partial charge in [0.25, 0.3) is 0 Å². The van der Waals surface area contributed by atoms with E-state index in [1.165, 1.54) is 0 Å². The predicted molar refractivity (Wildman–Crippen MR) is 64.9 cm³/mol. The zero-order valence-electron chi connectivity index (χ0n) is 11.8. The fourth-order valence-electron chi connectivity index (χ4n) is 1.82. The van der Waals surface area contributed by atoms with Crippen LogP contribution in [0.25, 0.3) is 0 Å². The van der Waals surface area contributed by atoms with E-state index in [0.29, 0.717) is 12.2 Å². The molecule has 0 atom stereocenters. The van der Waals surface area contributed by atoms with Gasteiger partial charge in [0, 0.05) is 5.97 Å². The number of carboxylic acids is 1. The minimum Gasteiger partial charge on any atom is -0.550 e. The molecular formula is C14H19NaO3. The Morgan fingerprint density at radius 2 is 1.89 bits per heavy atom. The number of carboxylic acid groups (broad SMARTS) is 1. The molecule has 0 aliphatic carbocycles. The Balaban J connectivity index is 0.00000289. The van der Waals surface area contributed by atoms with Crippen molar-refractivity contribution < 1.29 is 44.6 Å². The van der Waals surface area contributed by atoms with Gasteiger partial charge in [-0.05, 0) is 41.9 Å². The van der Waals surface area contributed by atoms with E-state index < -0.39 is 5.97 Å². The van der Waals surface area contributed by atoms with E-state index in [0.717, 1.165) is 16.7 Å². The van der Waals surface area contributed by atoms with E-state index in [-0.39, 0.29) is 41.4 Å². The molecule has 0 radical (unpaired) electrons. The van der Waals surface area contributed by atoms with Crippen molar-refractivity contribution in [3.8, 4) is 5.75 Å². The Hall–Kier alpha value is -0.510. The van der Waals surface area contributed by atoms with E-state index in [9.17, 15) is 15.0 Å². The van der Waals surface area contributed by atoms with Gasteiger partial charge in [-0.15, -0.1) is 0 Å². The van der Waals surface area contributed by atoms with Crippen molar-refractivity contribution in [3.63, 3.8) is 0 Å². The number of aliphatic carboxylic acids is 1. The first-order valence-corrected chi connectivity index (χ1v) is 5.74. The van der Waals surface area contributed by atoms with Crippen molar-refractivity contribution in [3.05, 3.63) is 28.8 Å². The normalized spacial score (nSPS) is 10.9. The SMILES string of the molecule is Cc1cc(CCC(=O)[O-])cc(C(C)(C)C)c1O.[Na+]. The van der Waals surface area contributed by atoms with Crippen LogP contribution in [0, 0.1) is 6.92 Å². The molecule has 0 bridgehead atoms. The third-order valence-corrected chi connectivity index (χ3v) is 2.79. The molecule has 0 unspecified atom stereocenters. The first-order chi connectivity index (χ1) is 7.71. The summed E-state index contributed by atoms with van der Waals surface area (Å²) in [5.41, 5.74) is 2.40. The summed E-state index contributed by atoms with van der Waals surface area (Å²) in [6, 6.07) is 3.71. The van der Waals surface area contributed by atoms with Gasteiger partial charge in [0.05, 0.1) is 0 Å². The maximum absolute atomic E-state index is 10.4. The number of phenolic OH excluding ortho intramolecular Hbond substituents is 1. The number of aromatic hydroxyl groups is 1. The number of aryl methyl sites for hydroxylation is 2. The van der Waals surface area contributed by atoms with Crippen LogP contribution in [0.3, 0.4) is 0 Å². The zero-order valence-corrected chi connectivity index (χ0v) is 13.8. The van der Waals surface area contributed by atoms with Crippen molar-refractivity contribution in [2.75, 3.05) is 0 Å². The Bertz CT molecular complexity index is 433. The molecule has 1 aromatic rings. The molecule has 18 heavy (non-hydrogen) atoms. The van der Waals surface area contributed by atoms with Crippen molar-refractivity contribution >= 4 is 5.97 Å². The van der Waals surface area contributed by atoms with E-state index in [2.05, 4.69) is 0 Å². The van der Waals surface area contributed by atoms with Crippen molar-refractivity contribution in [2.45, 2.75) is 46.0 Å². The Morgan fingerprint density at radius 3 is 2.33 bits per heavy atom. The molecule has 0 spiro atoms. The monoisotopic (exact) mass is 258 g/mol. The van der Waals surface area contributed by atoms with Crippen LogP contribution in [0.2, 0.25) is 0 Å². The van der Waals surface area contributed by atoms with E-state index in [1.54, 1.807) is 0 Å². The molecule has 1 N–H and O–H groups in total. The van der Waals surface area contributed by atoms with Gasteiger partial charge in [-0.1, -0.05) is 32.9 Å². The van der Waals surface area contributed by atoms with Crippen LogP contribution >= 0.6 is 0 Å². The molecule has 94 valence electrons. The van der Waals surface area contributed by atoms with E-state index in [4.69, 9.17) is 0 Å². The summed E-state index contributed by atoms with van der Waals surface area (Å²) in [4.78, 5) is 10.4. The average molecular weight is 258 g/mol. The van der Waals surface area contributed by atoms with Crippen molar-refractivity contribution in [1.29, 1.82) is 0 Å². The number of rotatable bonds is 3. The van der Waals surface area contributed by atoms with Gasteiger partial charge in [-0.25, -0.2) is 0 Å². The fraction of sp³-hybridized carbons (Fsp3) is 0.500. The minimum atomic E-state index is -1.05. The summed E-state index contributed by atoms with van der Waals surface area (Å²) in [6.45, 7) is 7.88. The summed E-state index contributed by atoms with van der Waals surface area (Å²) in [5, 5.41) is 20.5. The van der Waals surface area contributed by atoms with E-state index >= 15 is 0 Å². The van der Waals surface area contributed by atoms with Crippen LogP contribution in [-0.4, -0.2) is 11.1 Å². The molecule has 0 amide bonds. The summed E-state index contributed by atoms with van der Waals surface area (Å²) in [6.07, 6.45) is 0.445. The van der Waals surface area contributed by atoms with Crippen LogP contribution in [-0.2, 0) is 16.6 Å². The van der Waals surface area contributed by atoms with Crippen LogP contribution in [0.15, 0.2) is 12.1 Å². The molecule has 0 fully saturated rings. The van der Waals surface area contributed by atoms with Crippen LogP contribution < -0.4 is 34.7 Å². The number of hydrogen-bond donors (Lipinski definition) is 1. The topological polar surface area (TPSA) is 60.4 Å². The van der Waals surface area contributed by atoms with Crippen LogP contribution in [0.4, 0.5) is 0 Å². The average Bonchev–Trinajstić information content (AvgIpc) is 2.17. The smallest absolute Gasteiger partial charge is 0.550 e. The number of carbonyl (C=O) groups excluding carboxylic acids is 1. The number of benzene rings is 1. The van der Waals surface area contributed by atoms with Crippen LogP contribution in [0.1, 0.15) is 43.9 Å². The second kappa shape index (κ2) is 6.60. The second-order valence-electron chi connectivity index (χ2n) is 5.43. The summed E-state index contributed by atoms with van der Waals surface area (Å²) >= 11 is 0. The van der Waals surface area contributed by atoms with Gasteiger partial charge < -0.3 is 15.0 Å².